The molecule has 3 rings (SSSR count). The summed E-state index contributed by atoms with van der Waals surface area (Å²) in [6.07, 6.45) is 1.64. The molecule has 3 aromatic rings. The average molecular weight is 320 g/mol. The molecule has 1 aromatic carbocycles. The molecule has 0 saturated carbocycles. The van der Waals surface area contributed by atoms with E-state index < -0.39 is 0 Å². The van der Waals surface area contributed by atoms with Crippen LogP contribution in [0.4, 0.5) is 17.2 Å². The van der Waals surface area contributed by atoms with Crippen LogP contribution in [-0.2, 0) is 0 Å². The van der Waals surface area contributed by atoms with Crippen LogP contribution in [0.3, 0.4) is 0 Å². The quantitative estimate of drug-likeness (QED) is 0.761. The molecule has 2 heterocycles. The third-order valence-electron chi connectivity index (χ3n) is 3.05. The van der Waals surface area contributed by atoms with Gasteiger partial charge < -0.3 is 10.6 Å². The predicted molar refractivity (Wildman–Crippen MR) is 90.9 cm³/mol. The molecule has 112 valence electrons. The van der Waals surface area contributed by atoms with Gasteiger partial charge in [-0.2, -0.15) is 5.26 Å². The summed E-state index contributed by atoms with van der Waals surface area (Å²) in [7, 11) is 0. The first-order chi connectivity index (χ1) is 11.2. The lowest BCUT2D eigenvalue weighted by Crippen LogP contribution is -2.11. The van der Waals surface area contributed by atoms with E-state index in [1.54, 1.807) is 30.5 Å². The SMILES string of the molecule is N#Cc1ccc(Nc2ccc(NC(=O)c3cccs3)nc2)cc1. The summed E-state index contributed by atoms with van der Waals surface area (Å²) >= 11 is 1.38. The fraction of sp³-hybridized carbons (Fsp3) is 0. The first kappa shape index (κ1) is 14.8. The number of pyridine rings is 1. The highest BCUT2D eigenvalue weighted by molar-refractivity contribution is 7.12. The van der Waals surface area contributed by atoms with Gasteiger partial charge in [-0.3, -0.25) is 4.79 Å². The summed E-state index contributed by atoms with van der Waals surface area (Å²) in [5.41, 5.74) is 2.27. The Labute approximate surface area is 137 Å². The van der Waals surface area contributed by atoms with Gasteiger partial charge in [0.15, 0.2) is 0 Å². The largest absolute Gasteiger partial charge is 0.354 e. The van der Waals surface area contributed by atoms with Gasteiger partial charge in [0.25, 0.3) is 5.91 Å². The summed E-state index contributed by atoms with van der Waals surface area (Å²) in [6, 6.07) is 16.4. The molecule has 0 aliphatic heterocycles. The Bertz CT molecular complexity index is 834. The number of nitriles is 1. The normalized spacial score (nSPS) is 9.87. The standard InChI is InChI=1S/C17H12N4OS/c18-10-12-3-5-13(6-4-12)20-14-7-8-16(19-11-14)21-17(22)15-2-1-9-23-15/h1-9,11,20H,(H,19,21,22). The number of nitrogens with zero attached hydrogens (tertiary/aromatic N) is 2. The molecule has 0 spiro atoms. The van der Waals surface area contributed by atoms with Crippen LogP contribution in [0.5, 0.6) is 0 Å². The molecule has 2 aromatic heterocycles. The van der Waals surface area contributed by atoms with Gasteiger partial charge in [-0.1, -0.05) is 6.07 Å². The fourth-order valence-electron chi connectivity index (χ4n) is 1.92. The van der Waals surface area contributed by atoms with Crippen LogP contribution in [0.2, 0.25) is 0 Å². The second-order valence-electron chi connectivity index (χ2n) is 4.68. The fourth-order valence-corrected chi connectivity index (χ4v) is 2.54. The molecule has 0 aliphatic carbocycles. The van der Waals surface area contributed by atoms with Crippen molar-refractivity contribution in [2.45, 2.75) is 0 Å². The van der Waals surface area contributed by atoms with Crippen LogP contribution >= 0.6 is 11.3 Å². The Kier molecular flexibility index (Phi) is 4.32. The number of nitrogens with one attached hydrogen (secondary N) is 2. The minimum absolute atomic E-state index is 0.166. The molecule has 6 heteroatoms. The minimum atomic E-state index is -0.166. The number of amides is 1. The van der Waals surface area contributed by atoms with Gasteiger partial charge in [0.05, 0.1) is 28.4 Å². The number of carbonyl (C=O) groups is 1. The van der Waals surface area contributed by atoms with E-state index in [1.165, 1.54) is 11.3 Å². The zero-order valence-corrected chi connectivity index (χ0v) is 12.8. The van der Waals surface area contributed by atoms with E-state index in [4.69, 9.17) is 5.26 Å². The third kappa shape index (κ3) is 3.73. The third-order valence-corrected chi connectivity index (χ3v) is 3.92. The van der Waals surface area contributed by atoms with E-state index >= 15 is 0 Å². The Balaban J connectivity index is 1.64. The Hall–Kier alpha value is -3.17. The van der Waals surface area contributed by atoms with Gasteiger partial charge in [0.1, 0.15) is 5.82 Å². The summed E-state index contributed by atoms with van der Waals surface area (Å²) < 4.78 is 0. The molecule has 2 N–H and O–H groups in total. The first-order valence-electron chi connectivity index (χ1n) is 6.83. The maximum atomic E-state index is 11.9. The van der Waals surface area contributed by atoms with Crippen LogP contribution in [0.1, 0.15) is 15.2 Å². The van der Waals surface area contributed by atoms with Gasteiger partial charge in [-0.05, 0) is 47.8 Å². The lowest BCUT2D eigenvalue weighted by atomic mass is 10.2. The molecule has 0 radical (unpaired) electrons. The number of benzene rings is 1. The van der Waals surface area contributed by atoms with Crippen molar-refractivity contribution in [3.8, 4) is 6.07 Å². The van der Waals surface area contributed by atoms with E-state index in [9.17, 15) is 4.79 Å². The Morgan fingerprint density at radius 1 is 1.09 bits per heavy atom. The molecule has 1 amide bonds. The van der Waals surface area contributed by atoms with E-state index in [0.29, 0.717) is 16.3 Å². The monoisotopic (exact) mass is 320 g/mol. The first-order valence-corrected chi connectivity index (χ1v) is 7.71. The summed E-state index contributed by atoms with van der Waals surface area (Å²) in [4.78, 5) is 16.8. The number of aromatic nitrogens is 1. The van der Waals surface area contributed by atoms with Gasteiger partial charge >= 0.3 is 0 Å². The molecule has 5 nitrogen and oxygen atoms in total. The number of anilines is 3. The average Bonchev–Trinajstić information content (AvgIpc) is 3.12. The second-order valence-corrected chi connectivity index (χ2v) is 5.63. The van der Waals surface area contributed by atoms with Crippen molar-refractivity contribution >= 4 is 34.4 Å². The number of hydrogen-bond acceptors (Lipinski definition) is 5. The predicted octanol–water partition coefficient (Wildman–Crippen LogP) is 4.01. The smallest absolute Gasteiger partial charge is 0.266 e. The van der Waals surface area contributed by atoms with Crippen molar-refractivity contribution < 1.29 is 4.79 Å². The molecule has 0 unspecified atom stereocenters. The number of carbonyl (C=O) groups excluding carboxylic acids is 1. The summed E-state index contributed by atoms with van der Waals surface area (Å²) in [5, 5.41) is 16.6. The molecule has 0 fully saturated rings. The van der Waals surface area contributed by atoms with Gasteiger partial charge in [-0.15, -0.1) is 11.3 Å². The number of hydrogen-bond donors (Lipinski definition) is 2. The maximum absolute atomic E-state index is 11.9. The second kappa shape index (κ2) is 6.73. The van der Waals surface area contributed by atoms with Gasteiger partial charge in [-0.25, -0.2) is 4.98 Å². The minimum Gasteiger partial charge on any atom is -0.354 e. The molecular weight excluding hydrogens is 308 g/mol. The van der Waals surface area contributed by atoms with Crippen LogP contribution in [0.15, 0.2) is 60.1 Å². The highest BCUT2D eigenvalue weighted by Crippen LogP contribution is 2.18. The van der Waals surface area contributed by atoms with Crippen molar-refractivity contribution in [3.63, 3.8) is 0 Å². The highest BCUT2D eigenvalue weighted by atomic mass is 32.1. The maximum Gasteiger partial charge on any atom is 0.266 e. The number of rotatable bonds is 4. The molecule has 0 aliphatic rings. The Morgan fingerprint density at radius 2 is 1.87 bits per heavy atom. The molecule has 0 saturated heterocycles. The molecule has 23 heavy (non-hydrogen) atoms. The summed E-state index contributed by atoms with van der Waals surface area (Å²) in [6.45, 7) is 0. The molecule has 0 atom stereocenters. The van der Waals surface area contributed by atoms with Gasteiger partial charge in [0, 0.05) is 5.69 Å². The van der Waals surface area contributed by atoms with Crippen molar-refractivity contribution in [2.75, 3.05) is 10.6 Å². The van der Waals surface area contributed by atoms with Crippen LogP contribution in [0, 0.1) is 11.3 Å². The van der Waals surface area contributed by atoms with E-state index in [2.05, 4.69) is 21.7 Å². The Morgan fingerprint density at radius 3 is 2.48 bits per heavy atom. The van der Waals surface area contributed by atoms with Crippen LogP contribution < -0.4 is 10.6 Å². The van der Waals surface area contributed by atoms with Crippen molar-refractivity contribution in [3.05, 3.63) is 70.5 Å². The lowest BCUT2D eigenvalue weighted by molar-refractivity contribution is 0.103. The van der Waals surface area contributed by atoms with E-state index in [0.717, 1.165) is 11.4 Å². The highest BCUT2D eigenvalue weighted by Gasteiger charge is 2.07. The summed E-state index contributed by atoms with van der Waals surface area (Å²) in [5.74, 6) is 0.328. The molecule has 0 bridgehead atoms. The lowest BCUT2D eigenvalue weighted by Gasteiger charge is -2.07. The molecular formula is C17H12N4OS. The van der Waals surface area contributed by atoms with E-state index in [-0.39, 0.29) is 5.91 Å². The van der Waals surface area contributed by atoms with Crippen LogP contribution in [-0.4, -0.2) is 10.9 Å². The number of thiophene rings is 1. The van der Waals surface area contributed by atoms with E-state index in [1.807, 2.05) is 29.6 Å². The zero-order valence-electron chi connectivity index (χ0n) is 12.0. The van der Waals surface area contributed by atoms with Gasteiger partial charge in [0.2, 0.25) is 0 Å². The van der Waals surface area contributed by atoms with Crippen molar-refractivity contribution in [1.82, 2.24) is 4.98 Å². The van der Waals surface area contributed by atoms with Crippen molar-refractivity contribution in [2.24, 2.45) is 0 Å². The zero-order chi connectivity index (χ0) is 16.1. The van der Waals surface area contributed by atoms with Crippen molar-refractivity contribution in [1.29, 1.82) is 5.26 Å². The topological polar surface area (TPSA) is 77.8 Å². The van der Waals surface area contributed by atoms with Crippen LogP contribution in [0.25, 0.3) is 0 Å².